The largest absolute Gasteiger partial charge is 0.388 e. The van der Waals surface area contributed by atoms with Crippen LogP contribution in [-0.4, -0.2) is 24.9 Å². The minimum absolute atomic E-state index is 0.0216. The predicted molar refractivity (Wildman–Crippen MR) is 95.8 cm³/mol. The van der Waals surface area contributed by atoms with Crippen LogP contribution in [0.3, 0.4) is 0 Å². The van der Waals surface area contributed by atoms with Gasteiger partial charge in [0.25, 0.3) is 0 Å². The summed E-state index contributed by atoms with van der Waals surface area (Å²) in [6.45, 7) is 1.10. The van der Waals surface area contributed by atoms with E-state index in [1.165, 1.54) is 6.07 Å². The Morgan fingerprint density at radius 3 is 2.54 bits per heavy atom. The molecule has 28 heavy (non-hydrogen) atoms. The van der Waals surface area contributed by atoms with Gasteiger partial charge in [0.1, 0.15) is 28.8 Å². The number of halogens is 2. The molecule has 0 spiro atoms. The van der Waals surface area contributed by atoms with E-state index in [9.17, 15) is 27.6 Å². The van der Waals surface area contributed by atoms with Crippen LogP contribution in [-0.2, 0) is 16.4 Å². The topological polar surface area (TPSA) is 104 Å². The van der Waals surface area contributed by atoms with Gasteiger partial charge in [-0.15, -0.1) is 0 Å². The molecule has 144 valence electrons. The number of rotatable bonds is 4. The molecule has 0 amide bonds. The summed E-state index contributed by atoms with van der Waals surface area (Å²) < 4.78 is 57.3. The van der Waals surface area contributed by atoms with Crippen molar-refractivity contribution in [1.29, 1.82) is 5.26 Å². The first-order valence-electron chi connectivity index (χ1n) is 7.97. The fourth-order valence-corrected chi connectivity index (χ4v) is 3.53. The molecule has 0 bridgehead atoms. The Balaban J connectivity index is 2.29. The molecule has 0 aliphatic carbocycles. The smallest absolute Gasteiger partial charge is 0.178 e. The van der Waals surface area contributed by atoms with Crippen molar-refractivity contribution in [2.24, 2.45) is 0 Å². The minimum Gasteiger partial charge on any atom is -0.388 e. The Labute approximate surface area is 159 Å². The monoisotopic (exact) mass is 404 g/mol. The first-order valence-corrected chi connectivity index (χ1v) is 9.86. The lowest BCUT2D eigenvalue weighted by Crippen LogP contribution is -2.03. The maximum Gasteiger partial charge on any atom is 0.178 e. The molecule has 0 fully saturated rings. The Bertz CT molecular complexity index is 1230. The highest BCUT2D eigenvalue weighted by Gasteiger charge is 2.25. The molecule has 0 atom stereocenters. The molecule has 1 aromatic heterocycles. The molecule has 3 aromatic rings. The summed E-state index contributed by atoms with van der Waals surface area (Å²) in [5, 5.41) is 22.6. The van der Waals surface area contributed by atoms with E-state index in [2.05, 4.69) is 5.16 Å². The van der Waals surface area contributed by atoms with E-state index in [1.807, 2.05) is 6.07 Å². The molecule has 0 radical (unpaired) electrons. The van der Waals surface area contributed by atoms with Crippen molar-refractivity contribution < 1.29 is 26.8 Å². The van der Waals surface area contributed by atoms with Gasteiger partial charge in [0.2, 0.25) is 0 Å². The van der Waals surface area contributed by atoms with Crippen LogP contribution < -0.4 is 0 Å². The average molecular weight is 404 g/mol. The SMILES string of the molecule is Cc1ccc(-c2noc(CO)c2-c2cc(F)c(S(C)(=O)=O)cc2F)cc1C#N. The summed E-state index contributed by atoms with van der Waals surface area (Å²) in [5.41, 5.74) is 1.22. The summed E-state index contributed by atoms with van der Waals surface area (Å²) in [7, 11) is -3.97. The normalized spacial score (nSPS) is 11.4. The number of aromatic nitrogens is 1. The lowest BCUT2D eigenvalue weighted by Gasteiger charge is -2.09. The van der Waals surface area contributed by atoms with E-state index in [1.54, 1.807) is 19.1 Å². The number of hydrogen-bond donors (Lipinski definition) is 1. The molecule has 1 N–H and O–H groups in total. The predicted octanol–water partition coefficient (Wildman–Crippen LogP) is 3.36. The summed E-state index contributed by atoms with van der Waals surface area (Å²) in [4.78, 5) is -0.778. The molecular weight excluding hydrogens is 390 g/mol. The highest BCUT2D eigenvalue weighted by molar-refractivity contribution is 7.90. The van der Waals surface area contributed by atoms with Crippen molar-refractivity contribution in [3.63, 3.8) is 0 Å². The van der Waals surface area contributed by atoms with Crippen molar-refractivity contribution in [1.82, 2.24) is 5.16 Å². The van der Waals surface area contributed by atoms with Gasteiger partial charge in [-0.3, -0.25) is 0 Å². The minimum atomic E-state index is -3.97. The Hall–Kier alpha value is -3.09. The van der Waals surface area contributed by atoms with Crippen LogP contribution in [0, 0.1) is 29.9 Å². The molecule has 6 nitrogen and oxygen atoms in total. The van der Waals surface area contributed by atoms with Crippen LogP contribution in [0.4, 0.5) is 8.78 Å². The Kier molecular flexibility index (Phi) is 5.02. The molecule has 9 heteroatoms. The fraction of sp³-hybridized carbons (Fsp3) is 0.158. The maximum atomic E-state index is 14.7. The van der Waals surface area contributed by atoms with Crippen molar-refractivity contribution >= 4 is 9.84 Å². The highest BCUT2D eigenvalue weighted by atomic mass is 32.2. The molecular formula is C19H14F2N2O4S. The summed E-state index contributed by atoms with van der Waals surface area (Å²) >= 11 is 0. The summed E-state index contributed by atoms with van der Waals surface area (Å²) in [6, 6.07) is 8.12. The van der Waals surface area contributed by atoms with Gasteiger partial charge in [-0.05, 0) is 30.7 Å². The van der Waals surface area contributed by atoms with Crippen molar-refractivity contribution in [2.75, 3.05) is 6.26 Å². The number of aliphatic hydroxyl groups excluding tert-OH is 1. The van der Waals surface area contributed by atoms with Gasteiger partial charge in [0.15, 0.2) is 15.6 Å². The third kappa shape index (κ3) is 3.40. The van der Waals surface area contributed by atoms with Gasteiger partial charge in [-0.2, -0.15) is 5.26 Å². The van der Waals surface area contributed by atoms with Gasteiger partial charge in [0, 0.05) is 17.4 Å². The molecule has 1 heterocycles. The van der Waals surface area contributed by atoms with Crippen molar-refractivity contribution in [3.05, 3.63) is 58.9 Å². The van der Waals surface area contributed by atoms with E-state index < -0.39 is 33.0 Å². The Morgan fingerprint density at radius 1 is 1.21 bits per heavy atom. The summed E-state index contributed by atoms with van der Waals surface area (Å²) in [5.74, 6) is -2.29. The van der Waals surface area contributed by atoms with Crippen molar-refractivity contribution in [3.8, 4) is 28.5 Å². The van der Waals surface area contributed by atoms with Crippen molar-refractivity contribution in [2.45, 2.75) is 18.4 Å². The molecule has 3 rings (SSSR count). The highest BCUT2D eigenvalue weighted by Crippen LogP contribution is 2.38. The van der Waals surface area contributed by atoms with Crippen LogP contribution in [0.15, 0.2) is 39.8 Å². The zero-order valence-electron chi connectivity index (χ0n) is 14.8. The summed E-state index contributed by atoms with van der Waals surface area (Å²) in [6.07, 6.45) is 0.768. The zero-order chi connectivity index (χ0) is 20.6. The number of nitriles is 1. The second-order valence-electron chi connectivity index (χ2n) is 6.16. The molecule has 0 saturated heterocycles. The van der Waals surface area contributed by atoms with Crippen LogP contribution in [0.1, 0.15) is 16.9 Å². The van der Waals surface area contributed by atoms with E-state index in [-0.39, 0.29) is 22.6 Å². The third-order valence-electron chi connectivity index (χ3n) is 4.23. The molecule has 0 aliphatic heterocycles. The Morgan fingerprint density at radius 2 is 1.93 bits per heavy atom. The second-order valence-corrected chi connectivity index (χ2v) is 8.15. The van der Waals surface area contributed by atoms with Gasteiger partial charge < -0.3 is 9.63 Å². The van der Waals surface area contributed by atoms with Crippen LogP contribution in [0.2, 0.25) is 0 Å². The van der Waals surface area contributed by atoms with Gasteiger partial charge in [0.05, 0.1) is 17.2 Å². The lowest BCUT2D eigenvalue weighted by atomic mass is 9.96. The maximum absolute atomic E-state index is 14.7. The standard InChI is InChI=1S/C19H14F2N2O4S/c1-10-3-4-11(5-12(10)8-22)19-18(16(9-24)27-23-19)13-6-15(21)17(7-14(13)20)28(2,25)26/h3-7,24H,9H2,1-2H3. The first kappa shape index (κ1) is 19.7. The molecule has 0 saturated carbocycles. The van der Waals surface area contributed by atoms with Gasteiger partial charge >= 0.3 is 0 Å². The van der Waals surface area contributed by atoms with Gasteiger partial charge in [-0.25, -0.2) is 17.2 Å². The van der Waals surface area contributed by atoms with E-state index >= 15 is 0 Å². The van der Waals surface area contributed by atoms with Gasteiger partial charge in [-0.1, -0.05) is 17.3 Å². The third-order valence-corrected chi connectivity index (χ3v) is 5.34. The fourth-order valence-electron chi connectivity index (χ4n) is 2.80. The number of benzene rings is 2. The number of aliphatic hydroxyl groups is 1. The van der Waals surface area contributed by atoms with Crippen LogP contribution in [0.5, 0.6) is 0 Å². The van der Waals surface area contributed by atoms with E-state index in [4.69, 9.17) is 4.52 Å². The number of nitrogens with zero attached hydrogens (tertiary/aromatic N) is 2. The van der Waals surface area contributed by atoms with E-state index in [0.29, 0.717) is 22.8 Å². The quantitative estimate of drug-likeness (QED) is 0.715. The zero-order valence-corrected chi connectivity index (χ0v) is 15.6. The molecule has 2 aromatic carbocycles. The number of aryl methyl sites for hydroxylation is 1. The molecule has 0 unspecified atom stereocenters. The second kappa shape index (κ2) is 7.14. The lowest BCUT2D eigenvalue weighted by molar-refractivity contribution is 0.230. The van der Waals surface area contributed by atoms with Crippen LogP contribution >= 0.6 is 0 Å². The first-order chi connectivity index (χ1) is 13.2. The van der Waals surface area contributed by atoms with E-state index in [0.717, 1.165) is 12.3 Å². The average Bonchev–Trinajstić information content (AvgIpc) is 3.06. The van der Waals surface area contributed by atoms with Crippen LogP contribution in [0.25, 0.3) is 22.4 Å². The number of hydrogen-bond acceptors (Lipinski definition) is 6. The number of sulfone groups is 1. The molecule has 0 aliphatic rings.